The van der Waals surface area contributed by atoms with Crippen molar-refractivity contribution < 1.29 is 18.0 Å². The first kappa shape index (κ1) is 19.8. The van der Waals surface area contributed by atoms with Crippen molar-refractivity contribution in [1.82, 2.24) is 9.80 Å². The molecule has 0 saturated carbocycles. The second-order valence-corrected chi connectivity index (χ2v) is 8.20. The summed E-state index contributed by atoms with van der Waals surface area (Å²) in [6.07, 6.45) is -1.46. The lowest BCUT2D eigenvalue weighted by Crippen LogP contribution is -2.48. The molecule has 3 nitrogen and oxygen atoms in total. The zero-order valence-corrected chi connectivity index (χ0v) is 16.7. The van der Waals surface area contributed by atoms with Gasteiger partial charge in [-0.3, -0.25) is 0 Å². The summed E-state index contributed by atoms with van der Waals surface area (Å²) < 4.78 is 38.4. The average Bonchev–Trinajstić information content (AvgIpc) is 3.04. The fourth-order valence-electron chi connectivity index (χ4n) is 4.49. The van der Waals surface area contributed by atoms with Crippen molar-refractivity contribution in [2.24, 2.45) is 0 Å². The highest BCUT2D eigenvalue weighted by Gasteiger charge is 2.35. The van der Waals surface area contributed by atoms with Crippen LogP contribution in [0.3, 0.4) is 0 Å². The fourth-order valence-corrected chi connectivity index (χ4v) is 4.49. The molecule has 2 aliphatic heterocycles. The van der Waals surface area contributed by atoms with Crippen LogP contribution in [0, 0.1) is 0 Å². The van der Waals surface area contributed by atoms with Crippen molar-refractivity contribution in [1.29, 1.82) is 0 Å². The van der Waals surface area contributed by atoms with Crippen LogP contribution in [0.1, 0.15) is 43.4 Å². The molecule has 2 atom stereocenters. The minimum atomic E-state index is -4.33. The van der Waals surface area contributed by atoms with Crippen LogP contribution in [0.25, 0.3) is 11.1 Å². The number of nitrogens with zero attached hydrogens (tertiary/aromatic N) is 2. The molecule has 1 fully saturated rings. The topological polar surface area (TPSA) is 23.6 Å². The molecule has 0 N–H and O–H groups in total. The molecule has 0 aromatic heterocycles. The summed E-state index contributed by atoms with van der Waals surface area (Å²) in [5, 5.41) is 0. The van der Waals surface area contributed by atoms with Crippen molar-refractivity contribution in [2.45, 2.75) is 57.9 Å². The first-order valence-corrected chi connectivity index (χ1v) is 10.1. The smallest absolute Gasteiger partial charge is 0.320 e. The predicted molar refractivity (Wildman–Crippen MR) is 106 cm³/mol. The predicted octanol–water partition coefficient (Wildman–Crippen LogP) is 5.72. The molecule has 2 heterocycles. The molecular formula is C23H25F3N2O. The maximum Gasteiger partial charge on any atom is 0.416 e. The van der Waals surface area contributed by atoms with Gasteiger partial charge in [0.1, 0.15) is 0 Å². The SMILES string of the molecule is C[C@@H]1CC[C@H](C)N1C(=O)N1CCc2ccc(-c3ccc(C(F)(F)F)cc3)cc2C1. The lowest BCUT2D eigenvalue weighted by molar-refractivity contribution is -0.137. The third-order valence-corrected chi connectivity index (χ3v) is 6.21. The van der Waals surface area contributed by atoms with E-state index in [9.17, 15) is 18.0 Å². The molecule has 2 aliphatic rings. The van der Waals surface area contributed by atoms with E-state index in [4.69, 9.17) is 0 Å². The summed E-state index contributed by atoms with van der Waals surface area (Å²) >= 11 is 0. The molecule has 0 spiro atoms. The summed E-state index contributed by atoms with van der Waals surface area (Å²) in [5.41, 5.74) is 3.24. The Balaban J connectivity index is 1.55. The van der Waals surface area contributed by atoms with E-state index in [0.717, 1.165) is 48.1 Å². The van der Waals surface area contributed by atoms with Gasteiger partial charge in [0.2, 0.25) is 0 Å². The molecule has 0 unspecified atom stereocenters. The minimum Gasteiger partial charge on any atom is -0.320 e. The van der Waals surface area contributed by atoms with Gasteiger partial charge in [0.25, 0.3) is 0 Å². The Morgan fingerprint density at radius 1 is 0.931 bits per heavy atom. The third-order valence-electron chi connectivity index (χ3n) is 6.21. The number of alkyl halides is 3. The molecule has 0 aliphatic carbocycles. The average molecular weight is 402 g/mol. The van der Waals surface area contributed by atoms with E-state index < -0.39 is 11.7 Å². The molecule has 2 amide bonds. The van der Waals surface area contributed by atoms with Gasteiger partial charge >= 0.3 is 12.2 Å². The number of carbonyl (C=O) groups excluding carboxylic acids is 1. The Hall–Kier alpha value is -2.50. The molecular weight excluding hydrogens is 377 g/mol. The number of hydrogen-bond acceptors (Lipinski definition) is 1. The normalized spacial score (nSPS) is 22.0. The summed E-state index contributed by atoms with van der Waals surface area (Å²) in [7, 11) is 0. The van der Waals surface area contributed by atoms with Gasteiger partial charge in [-0.25, -0.2) is 4.79 Å². The highest BCUT2D eigenvalue weighted by atomic mass is 19.4. The number of fused-ring (bicyclic) bond motifs is 1. The second-order valence-electron chi connectivity index (χ2n) is 8.20. The third kappa shape index (κ3) is 3.85. The Morgan fingerprint density at radius 2 is 1.55 bits per heavy atom. The zero-order chi connectivity index (χ0) is 20.8. The number of urea groups is 1. The Kier molecular flexibility index (Phi) is 5.05. The Labute approximate surface area is 169 Å². The highest BCUT2D eigenvalue weighted by molar-refractivity contribution is 5.76. The molecule has 2 aromatic carbocycles. The van der Waals surface area contributed by atoms with Gasteiger partial charge in [-0.15, -0.1) is 0 Å². The van der Waals surface area contributed by atoms with Crippen molar-refractivity contribution in [3.05, 3.63) is 59.2 Å². The minimum absolute atomic E-state index is 0.0908. The molecule has 154 valence electrons. The van der Waals surface area contributed by atoms with Gasteiger partial charge < -0.3 is 9.80 Å². The van der Waals surface area contributed by atoms with Crippen LogP contribution >= 0.6 is 0 Å². The quantitative estimate of drug-likeness (QED) is 0.598. The standard InChI is InChI=1S/C23H25F3N2O/c1-15-3-4-16(2)28(15)22(29)27-12-11-18-5-6-19(13-20(18)14-27)17-7-9-21(10-8-17)23(24,25)26/h5-10,13,15-16H,3-4,11-12,14H2,1-2H3/t15-,16+. The number of halogens is 3. The Bertz CT molecular complexity index is 897. The van der Waals surface area contributed by atoms with Gasteiger partial charge in [-0.2, -0.15) is 13.2 Å². The van der Waals surface area contributed by atoms with Gasteiger partial charge in [0.15, 0.2) is 0 Å². The van der Waals surface area contributed by atoms with Crippen LogP contribution in [0.15, 0.2) is 42.5 Å². The van der Waals surface area contributed by atoms with E-state index in [-0.39, 0.29) is 18.1 Å². The van der Waals surface area contributed by atoms with E-state index in [0.29, 0.717) is 13.1 Å². The van der Waals surface area contributed by atoms with Gasteiger partial charge in [-0.05, 0) is 73.6 Å². The molecule has 1 saturated heterocycles. The summed E-state index contributed by atoms with van der Waals surface area (Å²) in [6, 6.07) is 11.8. The number of carbonyl (C=O) groups is 1. The first-order chi connectivity index (χ1) is 13.7. The van der Waals surface area contributed by atoms with Gasteiger partial charge in [0.05, 0.1) is 5.56 Å². The largest absolute Gasteiger partial charge is 0.416 e. The van der Waals surface area contributed by atoms with Gasteiger partial charge in [0, 0.05) is 25.2 Å². The van der Waals surface area contributed by atoms with Crippen LogP contribution in [-0.4, -0.2) is 34.5 Å². The van der Waals surface area contributed by atoms with Crippen LogP contribution in [0.5, 0.6) is 0 Å². The number of likely N-dealkylation sites (tertiary alicyclic amines) is 1. The van der Waals surface area contributed by atoms with Crippen LogP contribution < -0.4 is 0 Å². The monoisotopic (exact) mass is 402 g/mol. The molecule has 29 heavy (non-hydrogen) atoms. The Morgan fingerprint density at radius 3 is 2.17 bits per heavy atom. The van der Waals surface area contributed by atoms with Crippen molar-refractivity contribution in [3.8, 4) is 11.1 Å². The maximum atomic E-state index is 13.1. The molecule has 6 heteroatoms. The van der Waals surface area contributed by atoms with Crippen molar-refractivity contribution >= 4 is 6.03 Å². The summed E-state index contributed by atoms with van der Waals surface area (Å²) in [6.45, 7) is 5.43. The van der Waals surface area contributed by atoms with Crippen LogP contribution in [-0.2, 0) is 19.1 Å². The first-order valence-electron chi connectivity index (χ1n) is 10.1. The molecule has 0 radical (unpaired) electrons. The number of benzene rings is 2. The van der Waals surface area contributed by atoms with E-state index in [1.807, 2.05) is 28.0 Å². The van der Waals surface area contributed by atoms with Crippen LogP contribution in [0.4, 0.5) is 18.0 Å². The number of amides is 2. The number of rotatable bonds is 1. The van der Waals surface area contributed by atoms with E-state index in [2.05, 4.69) is 13.8 Å². The van der Waals surface area contributed by atoms with Crippen molar-refractivity contribution in [3.63, 3.8) is 0 Å². The van der Waals surface area contributed by atoms with Crippen molar-refractivity contribution in [2.75, 3.05) is 6.54 Å². The van der Waals surface area contributed by atoms with E-state index >= 15 is 0 Å². The summed E-state index contributed by atoms with van der Waals surface area (Å²) in [5.74, 6) is 0. The summed E-state index contributed by atoms with van der Waals surface area (Å²) in [4.78, 5) is 17.0. The lowest BCUT2D eigenvalue weighted by atomic mass is 9.94. The fraction of sp³-hybridized carbons (Fsp3) is 0.435. The molecule has 0 bridgehead atoms. The second kappa shape index (κ2) is 7.39. The van der Waals surface area contributed by atoms with E-state index in [1.165, 1.54) is 17.7 Å². The maximum absolute atomic E-state index is 13.1. The van der Waals surface area contributed by atoms with Crippen LogP contribution in [0.2, 0.25) is 0 Å². The zero-order valence-electron chi connectivity index (χ0n) is 16.7. The van der Waals surface area contributed by atoms with E-state index in [1.54, 1.807) is 0 Å². The lowest BCUT2D eigenvalue weighted by Gasteiger charge is -2.36. The molecule has 4 rings (SSSR count). The number of hydrogen-bond donors (Lipinski definition) is 0. The van der Waals surface area contributed by atoms with Gasteiger partial charge in [-0.1, -0.05) is 24.3 Å². The molecule has 2 aromatic rings. The highest BCUT2D eigenvalue weighted by Crippen LogP contribution is 2.33.